The van der Waals surface area contributed by atoms with E-state index in [0.29, 0.717) is 6.42 Å². The van der Waals surface area contributed by atoms with Gasteiger partial charge in [0.25, 0.3) is 5.91 Å². The lowest BCUT2D eigenvalue weighted by atomic mass is 9.84. The smallest absolute Gasteiger partial charge is 0.258 e. The molecule has 1 heterocycles. The van der Waals surface area contributed by atoms with E-state index >= 15 is 0 Å². The van der Waals surface area contributed by atoms with E-state index in [0.717, 1.165) is 33.0 Å². The number of fused-ring (bicyclic) bond motifs is 1. The summed E-state index contributed by atoms with van der Waals surface area (Å²) in [5.74, 6) is -0.468. The molecule has 49 heavy (non-hydrogen) atoms. The lowest BCUT2D eigenvalue weighted by Gasteiger charge is -2.37. The Morgan fingerprint density at radius 2 is 1.20 bits per heavy atom. The molecular formula is C41H35N3O3S2. The third kappa shape index (κ3) is 6.68. The van der Waals surface area contributed by atoms with Gasteiger partial charge in [0, 0.05) is 11.8 Å². The number of hydrogen-bond donors (Lipinski definition) is 1. The molecule has 0 spiro atoms. The zero-order chi connectivity index (χ0) is 33.7. The number of nitrogens with zero attached hydrogens (tertiary/aromatic N) is 2. The second kappa shape index (κ2) is 14.2. The van der Waals surface area contributed by atoms with Crippen LogP contribution in [0.15, 0.2) is 174 Å². The summed E-state index contributed by atoms with van der Waals surface area (Å²) in [6.07, 6.45) is 1.87. The SMILES string of the molecule is O=C(NN=Cc1ccccc1)C1CC(SC(c2ccccc2)(c2ccccc2)c2ccccc2)CN1S(=O)(=O)c1ccc2ccccc2c1. The van der Waals surface area contributed by atoms with Crippen molar-refractivity contribution in [2.75, 3.05) is 6.54 Å². The summed E-state index contributed by atoms with van der Waals surface area (Å²) in [6, 6.07) is 52.2. The van der Waals surface area contributed by atoms with Gasteiger partial charge in [0.2, 0.25) is 10.0 Å². The van der Waals surface area contributed by atoms with Crippen LogP contribution in [0.4, 0.5) is 0 Å². The van der Waals surface area contributed by atoms with Crippen molar-refractivity contribution in [2.45, 2.75) is 27.4 Å². The van der Waals surface area contributed by atoms with E-state index in [1.807, 2.05) is 115 Å². The average Bonchev–Trinajstić information content (AvgIpc) is 3.60. The Balaban J connectivity index is 1.29. The van der Waals surface area contributed by atoms with Gasteiger partial charge in [0.1, 0.15) is 6.04 Å². The molecule has 1 amide bonds. The Hall–Kier alpha value is -5.02. The van der Waals surface area contributed by atoms with Gasteiger partial charge in [0.05, 0.1) is 15.9 Å². The molecule has 0 bridgehead atoms. The maximum atomic E-state index is 14.5. The van der Waals surface area contributed by atoms with Gasteiger partial charge >= 0.3 is 0 Å². The van der Waals surface area contributed by atoms with E-state index < -0.39 is 26.7 Å². The summed E-state index contributed by atoms with van der Waals surface area (Å²) in [5.41, 5.74) is 6.68. The molecule has 2 atom stereocenters. The van der Waals surface area contributed by atoms with Crippen molar-refractivity contribution < 1.29 is 13.2 Å². The Morgan fingerprint density at radius 1 is 0.694 bits per heavy atom. The molecule has 0 aromatic heterocycles. The summed E-state index contributed by atoms with van der Waals surface area (Å²) in [4.78, 5) is 14.1. The molecule has 1 aliphatic rings. The second-order valence-electron chi connectivity index (χ2n) is 12.0. The van der Waals surface area contributed by atoms with Crippen LogP contribution in [-0.2, 0) is 19.6 Å². The van der Waals surface area contributed by atoms with Crippen molar-refractivity contribution >= 4 is 44.7 Å². The van der Waals surface area contributed by atoms with Crippen molar-refractivity contribution in [1.82, 2.24) is 9.73 Å². The first-order valence-electron chi connectivity index (χ1n) is 16.2. The molecule has 0 saturated carbocycles. The van der Waals surface area contributed by atoms with Crippen LogP contribution in [0.1, 0.15) is 28.7 Å². The molecule has 7 rings (SSSR count). The fourth-order valence-corrected chi connectivity index (χ4v) is 10.2. The molecule has 6 aromatic carbocycles. The van der Waals surface area contributed by atoms with Crippen LogP contribution in [0.2, 0.25) is 0 Å². The quantitative estimate of drug-likeness (QED) is 0.0908. The van der Waals surface area contributed by atoms with Gasteiger partial charge < -0.3 is 0 Å². The molecule has 0 aliphatic carbocycles. The molecule has 2 unspecified atom stereocenters. The van der Waals surface area contributed by atoms with Crippen molar-refractivity contribution in [3.63, 3.8) is 0 Å². The molecule has 8 heteroatoms. The molecule has 1 saturated heterocycles. The Kier molecular flexibility index (Phi) is 9.44. The summed E-state index contributed by atoms with van der Waals surface area (Å²) >= 11 is 1.69. The van der Waals surface area contributed by atoms with Gasteiger partial charge in [0.15, 0.2) is 0 Å². The number of rotatable bonds is 10. The highest BCUT2D eigenvalue weighted by molar-refractivity contribution is 8.01. The number of amides is 1. The predicted molar refractivity (Wildman–Crippen MR) is 199 cm³/mol. The molecule has 6 nitrogen and oxygen atoms in total. The number of sulfonamides is 1. The van der Waals surface area contributed by atoms with E-state index in [1.165, 1.54) is 4.31 Å². The van der Waals surface area contributed by atoms with E-state index in [9.17, 15) is 13.2 Å². The van der Waals surface area contributed by atoms with Crippen molar-refractivity contribution in [1.29, 1.82) is 0 Å². The summed E-state index contributed by atoms with van der Waals surface area (Å²) in [7, 11) is -4.08. The maximum absolute atomic E-state index is 14.5. The van der Waals surface area contributed by atoms with E-state index in [2.05, 4.69) is 46.9 Å². The fourth-order valence-electron chi connectivity index (χ4n) is 6.58. The normalized spacial score (nSPS) is 17.0. The van der Waals surface area contributed by atoms with Crippen LogP contribution >= 0.6 is 11.8 Å². The maximum Gasteiger partial charge on any atom is 0.258 e. The second-order valence-corrected chi connectivity index (χ2v) is 15.4. The minimum atomic E-state index is -4.08. The number of hydrogen-bond acceptors (Lipinski definition) is 5. The zero-order valence-corrected chi connectivity index (χ0v) is 28.3. The highest BCUT2D eigenvalue weighted by Crippen LogP contribution is 2.52. The zero-order valence-electron chi connectivity index (χ0n) is 26.7. The summed E-state index contributed by atoms with van der Waals surface area (Å²) in [6.45, 7) is 0.147. The number of hydrazone groups is 1. The van der Waals surface area contributed by atoms with E-state index in [-0.39, 0.29) is 16.7 Å². The first-order chi connectivity index (χ1) is 23.9. The highest BCUT2D eigenvalue weighted by Gasteiger charge is 2.48. The van der Waals surface area contributed by atoms with Gasteiger partial charge in [-0.2, -0.15) is 9.41 Å². The van der Waals surface area contributed by atoms with E-state index in [4.69, 9.17) is 0 Å². The largest absolute Gasteiger partial charge is 0.271 e. The third-order valence-corrected chi connectivity index (χ3v) is 12.5. The van der Waals surface area contributed by atoms with Crippen LogP contribution in [0, 0.1) is 0 Å². The topological polar surface area (TPSA) is 78.8 Å². The number of carbonyl (C=O) groups excluding carboxylic acids is 1. The Labute approximate surface area is 291 Å². The van der Waals surface area contributed by atoms with Crippen LogP contribution in [-0.4, -0.2) is 42.7 Å². The summed E-state index contributed by atoms with van der Waals surface area (Å²) in [5, 5.41) is 5.72. The monoisotopic (exact) mass is 681 g/mol. The highest BCUT2D eigenvalue weighted by atomic mass is 32.2. The van der Waals surface area contributed by atoms with Crippen molar-refractivity contribution in [3.05, 3.63) is 186 Å². The minimum Gasteiger partial charge on any atom is -0.271 e. The summed E-state index contributed by atoms with van der Waals surface area (Å²) < 4.78 is 29.7. The van der Waals surface area contributed by atoms with Gasteiger partial charge in [-0.25, -0.2) is 13.8 Å². The van der Waals surface area contributed by atoms with Crippen LogP contribution in [0.3, 0.4) is 0 Å². The standard InChI is InChI=1S/C41H35N3O3S2/c45-40(43-42-29-31-15-5-1-6-16-31)39-28-37(30-44(39)49(46,47)38-26-25-32-17-13-14-18-33(32)27-38)48-41(34-19-7-2-8-20-34,35-21-9-3-10-22-35)36-23-11-4-12-24-36/h1-27,29,37,39H,28,30H2,(H,43,45). The van der Waals surface area contributed by atoms with Gasteiger partial charge in [-0.1, -0.05) is 152 Å². The molecule has 1 fully saturated rings. The fraction of sp³-hybridized carbons (Fsp3) is 0.122. The number of carbonyl (C=O) groups is 1. The number of thioether (sulfide) groups is 1. The van der Waals surface area contributed by atoms with Gasteiger partial charge in [-0.05, 0) is 51.6 Å². The number of benzene rings is 6. The average molecular weight is 682 g/mol. The Morgan fingerprint density at radius 3 is 1.78 bits per heavy atom. The molecule has 1 N–H and O–H groups in total. The molecular weight excluding hydrogens is 647 g/mol. The van der Waals surface area contributed by atoms with Crippen molar-refractivity contribution in [2.24, 2.45) is 5.10 Å². The van der Waals surface area contributed by atoms with Crippen LogP contribution in [0.25, 0.3) is 10.8 Å². The van der Waals surface area contributed by atoms with Crippen LogP contribution in [0.5, 0.6) is 0 Å². The lowest BCUT2D eigenvalue weighted by Crippen LogP contribution is -2.44. The van der Waals surface area contributed by atoms with Crippen molar-refractivity contribution in [3.8, 4) is 0 Å². The lowest BCUT2D eigenvalue weighted by molar-refractivity contribution is -0.124. The van der Waals surface area contributed by atoms with Gasteiger partial charge in [-0.15, -0.1) is 11.8 Å². The Bertz CT molecular complexity index is 2080. The predicted octanol–water partition coefficient (Wildman–Crippen LogP) is 7.85. The first-order valence-corrected chi connectivity index (χ1v) is 18.5. The van der Waals surface area contributed by atoms with Crippen LogP contribution < -0.4 is 5.43 Å². The minimum absolute atomic E-state index is 0.147. The number of nitrogens with one attached hydrogen (secondary N) is 1. The first kappa shape index (κ1) is 32.5. The third-order valence-electron chi connectivity index (χ3n) is 8.92. The van der Waals surface area contributed by atoms with E-state index in [1.54, 1.807) is 30.1 Å². The molecule has 244 valence electrons. The van der Waals surface area contributed by atoms with Gasteiger partial charge in [-0.3, -0.25) is 4.79 Å². The molecule has 6 aromatic rings. The molecule has 0 radical (unpaired) electrons. The molecule has 1 aliphatic heterocycles.